The molecule has 0 aliphatic carbocycles. The lowest BCUT2D eigenvalue weighted by atomic mass is 9.98. The lowest BCUT2D eigenvalue weighted by Crippen LogP contribution is -2.41. The molecule has 0 bridgehead atoms. The predicted molar refractivity (Wildman–Crippen MR) is 106 cm³/mol. The first kappa shape index (κ1) is 23.3. The SMILES string of the molecule is CCOC(=O)CCCNC(=O)COC(=O)C1CCN(S(=O)(=O)c2cccs2)CC1. The molecule has 29 heavy (non-hydrogen) atoms. The normalized spacial score (nSPS) is 15.6. The summed E-state index contributed by atoms with van der Waals surface area (Å²) in [6.07, 6.45) is 1.35. The van der Waals surface area contributed by atoms with Crippen LogP contribution in [-0.4, -0.2) is 63.4 Å². The number of hydrogen-bond donors (Lipinski definition) is 1. The van der Waals surface area contributed by atoms with Crippen LogP contribution in [0.2, 0.25) is 0 Å². The van der Waals surface area contributed by atoms with E-state index in [1.807, 2.05) is 0 Å². The molecule has 0 saturated carbocycles. The number of sulfonamides is 1. The molecule has 1 amide bonds. The molecule has 162 valence electrons. The molecule has 0 spiro atoms. The molecule has 0 unspecified atom stereocenters. The monoisotopic (exact) mass is 446 g/mol. The van der Waals surface area contributed by atoms with Crippen molar-refractivity contribution in [1.29, 1.82) is 0 Å². The van der Waals surface area contributed by atoms with Gasteiger partial charge < -0.3 is 14.8 Å². The first-order valence-corrected chi connectivity index (χ1v) is 11.8. The molecule has 1 aromatic heterocycles. The largest absolute Gasteiger partial charge is 0.466 e. The van der Waals surface area contributed by atoms with Crippen molar-refractivity contribution in [1.82, 2.24) is 9.62 Å². The number of carbonyl (C=O) groups excluding carboxylic acids is 3. The second-order valence-electron chi connectivity index (χ2n) is 6.48. The predicted octanol–water partition coefficient (Wildman–Crippen LogP) is 1.15. The summed E-state index contributed by atoms with van der Waals surface area (Å²) in [6.45, 7) is 2.40. The van der Waals surface area contributed by atoms with Crippen LogP contribution >= 0.6 is 11.3 Å². The average molecular weight is 447 g/mol. The molecule has 2 rings (SSSR count). The van der Waals surface area contributed by atoms with E-state index in [1.54, 1.807) is 24.4 Å². The molecule has 0 radical (unpaired) electrons. The lowest BCUT2D eigenvalue weighted by Gasteiger charge is -2.29. The fraction of sp³-hybridized carbons (Fsp3) is 0.611. The molecular weight excluding hydrogens is 420 g/mol. The smallest absolute Gasteiger partial charge is 0.309 e. The number of ether oxygens (including phenoxy) is 2. The quantitative estimate of drug-likeness (QED) is 0.423. The zero-order valence-electron chi connectivity index (χ0n) is 16.3. The van der Waals surface area contributed by atoms with Gasteiger partial charge in [-0.1, -0.05) is 6.07 Å². The fourth-order valence-corrected chi connectivity index (χ4v) is 5.48. The highest BCUT2D eigenvalue weighted by Gasteiger charge is 2.33. The summed E-state index contributed by atoms with van der Waals surface area (Å²) in [4.78, 5) is 35.1. The number of nitrogens with zero attached hydrogens (tertiary/aromatic N) is 1. The maximum absolute atomic E-state index is 12.5. The summed E-state index contributed by atoms with van der Waals surface area (Å²) < 4.78 is 36.5. The Hall–Kier alpha value is -1.98. The number of rotatable bonds is 10. The van der Waals surface area contributed by atoms with Crippen LogP contribution in [0.4, 0.5) is 0 Å². The molecule has 1 aromatic rings. The van der Waals surface area contributed by atoms with E-state index in [4.69, 9.17) is 9.47 Å². The number of nitrogens with one attached hydrogen (secondary N) is 1. The van der Waals surface area contributed by atoms with Gasteiger partial charge in [0.15, 0.2) is 6.61 Å². The Labute approximate surface area is 174 Å². The van der Waals surface area contributed by atoms with Crippen LogP contribution in [-0.2, 0) is 33.9 Å². The van der Waals surface area contributed by atoms with Gasteiger partial charge >= 0.3 is 11.9 Å². The third-order valence-corrected chi connectivity index (χ3v) is 7.68. The number of carbonyl (C=O) groups is 3. The van der Waals surface area contributed by atoms with Crippen LogP contribution in [0.5, 0.6) is 0 Å². The van der Waals surface area contributed by atoms with Crippen molar-refractivity contribution < 1.29 is 32.3 Å². The number of amides is 1. The third-order valence-electron chi connectivity index (χ3n) is 4.41. The van der Waals surface area contributed by atoms with E-state index in [-0.39, 0.29) is 36.2 Å². The molecule has 1 aliphatic rings. The highest BCUT2D eigenvalue weighted by Crippen LogP contribution is 2.26. The minimum Gasteiger partial charge on any atom is -0.466 e. The van der Waals surface area contributed by atoms with E-state index >= 15 is 0 Å². The van der Waals surface area contributed by atoms with Crippen LogP contribution < -0.4 is 5.32 Å². The maximum atomic E-state index is 12.5. The number of hydrogen-bond acceptors (Lipinski definition) is 8. The minimum atomic E-state index is -3.51. The van der Waals surface area contributed by atoms with Crippen molar-refractivity contribution in [2.45, 2.75) is 36.8 Å². The second kappa shape index (κ2) is 11.3. The van der Waals surface area contributed by atoms with E-state index < -0.39 is 34.4 Å². The Morgan fingerprint density at radius 3 is 2.59 bits per heavy atom. The minimum absolute atomic E-state index is 0.209. The van der Waals surface area contributed by atoms with Crippen LogP contribution in [0, 0.1) is 5.92 Å². The highest BCUT2D eigenvalue weighted by atomic mass is 32.2. The zero-order chi connectivity index (χ0) is 21.3. The van der Waals surface area contributed by atoms with E-state index in [2.05, 4.69) is 5.32 Å². The summed E-state index contributed by atoms with van der Waals surface area (Å²) in [7, 11) is -3.51. The van der Waals surface area contributed by atoms with Crippen molar-refractivity contribution >= 4 is 39.2 Å². The number of thiophene rings is 1. The average Bonchev–Trinajstić information content (AvgIpc) is 3.25. The third kappa shape index (κ3) is 7.09. The van der Waals surface area contributed by atoms with Crippen molar-refractivity contribution in [2.24, 2.45) is 5.92 Å². The molecule has 1 saturated heterocycles. The molecular formula is C18H26N2O7S2. The zero-order valence-corrected chi connectivity index (χ0v) is 17.9. The first-order chi connectivity index (χ1) is 13.8. The first-order valence-electron chi connectivity index (χ1n) is 9.47. The molecule has 1 fully saturated rings. The lowest BCUT2D eigenvalue weighted by molar-refractivity contribution is -0.153. The molecule has 1 aliphatic heterocycles. The molecule has 2 heterocycles. The Kier molecular flexibility index (Phi) is 9.05. The van der Waals surface area contributed by atoms with Gasteiger partial charge in [0.05, 0.1) is 12.5 Å². The second-order valence-corrected chi connectivity index (χ2v) is 9.59. The van der Waals surface area contributed by atoms with E-state index in [0.717, 1.165) is 11.3 Å². The Morgan fingerprint density at radius 2 is 1.97 bits per heavy atom. The summed E-state index contributed by atoms with van der Waals surface area (Å²) in [6, 6.07) is 3.25. The Balaban J connectivity index is 1.65. The molecule has 9 nitrogen and oxygen atoms in total. The van der Waals surface area contributed by atoms with Crippen molar-refractivity contribution in [3.05, 3.63) is 17.5 Å². The van der Waals surface area contributed by atoms with Crippen molar-refractivity contribution in [2.75, 3.05) is 32.8 Å². The summed E-state index contributed by atoms with van der Waals surface area (Å²) in [5.41, 5.74) is 0. The standard InChI is InChI=1S/C18H26N2O7S2/c1-2-26-16(22)5-3-9-19-15(21)13-27-18(23)14-7-10-20(11-8-14)29(24,25)17-6-4-12-28-17/h4,6,12,14H,2-3,5,7-11,13H2,1H3,(H,19,21). The van der Waals surface area contributed by atoms with E-state index in [9.17, 15) is 22.8 Å². The van der Waals surface area contributed by atoms with E-state index in [1.165, 1.54) is 4.31 Å². The number of piperidine rings is 1. The van der Waals surface area contributed by atoms with Crippen LogP contribution in [0.25, 0.3) is 0 Å². The Bertz CT molecular complexity index is 785. The van der Waals surface area contributed by atoms with Crippen LogP contribution in [0.3, 0.4) is 0 Å². The van der Waals surface area contributed by atoms with Gasteiger partial charge in [-0.3, -0.25) is 14.4 Å². The Morgan fingerprint density at radius 1 is 1.24 bits per heavy atom. The van der Waals surface area contributed by atoms with Gasteiger partial charge in [0.2, 0.25) is 0 Å². The maximum Gasteiger partial charge on any atom is 0.309 e. The summed E-state index contributed by atoms with van der Waals surface area (Å²) in [5, 5.41) is 4.28. The highest BCUT2D eigenvalue weighted by molar-refractivity contribution is 7.91. The number of esters is 2. The van der Waals surface area contributed by atoms with Crippen molar-refractivity contribution in [3.63, 3.8) is 0 Å². The van der Waals surface area contributed by atoms with Gasteiger partial charge in [-0.2, -0.15) is 4.31 Å². The van der Waals surface area contributed by atoms with Crippen molar-refractivity contribution in [3.8, 4) is 0 Å². The summed E-state index contributed by atoms with van der Waals surface area (Å²) >= 11 is 1.16. The van der Waals surface area contributed by atoms with Gasteiger partial charge in [0, 0.05) is 26.1 Å². The summed E-state index contributed by atoms with van der Waals surface area (Å²) in [5.74, 6) is -1.69. The molecule has 1 N–H and O–H groups in total. The van der Waals surface area contributed by atoms with Crippen LogP contribution in [0.15, 0.2) is 21.7 Å². The van der Waals surface area contributed by atoms with E-state index in [0.29, 0.717) is 25.9 Å². The fourth-order valence-electron chi connectivity index (χ4n) is 2.87. The topological polar surface area (TPSA) is 119 Å². The molecule has 11 heteroatoms. The van der Waals surface area contributed by atoms with Gasteiger partial charge in [0.25, 0.3) is 15.9 Å². The van der Waals surface area contributed by atoms with Gasteiger partial charge in [-0.25, -0.2) is 8.42 Å². The van der Waals surface area contributed by atoms with Gasteiger partial charge in [-0.15, -0.1) is 11.3 Å². The molecule has 0 aromatic carbocycles. The van der Waals surface area contributed by atoms with Gasteiger partial charge in [0.1, 0.15) is 4.21 Å². The van der Waals surface area contributed by atoms with Gasteiger partial charge in [-0.05, 0) is 37.6 Å². The van der Waals surface area contributed by atoms with Crippen LogP contribution in [0.1, 0.15) is 32.6 Å². The molecule has 0 atom stereocenters.